The fourth-order valence-electron chi connectivity index (χ4n) is 1.55. The van der Waals surface area contributed by atoms with Gasteiger partial charge in [0.25, 0.3) is 0 Å². The van der Waals surface area contributed by atoms with Crippen molar-refractivity contribution in [3.8, 4) is 5.75 Å². The molecule has 1 aromatic carbocycles. The van der Waals surface area contributed by atoms with E-state index in [0.717, 1.165) is 18.2 Å². The lowest BCUT2D eigenvalue weighted by atomic mass is 9.99. The molecule has 0 aliphatic rings. The van der Waals surface area contributed by atoms with E-state index in [0.29, 0.717) is 0 Å². The van der Waals surface area contributed by atoms with Gasteiger partial charge in [-0.05, 0) is 30.5 Å². The van der Waals surface area contributed by atoms with Gasteiger partial charge in [0.05, 0.1) is 6.10 Å². The van der Waals surface area contributed by atoms with E-state index < -0.39 is 24.0 Å². The molecule has 0 saturated carbocycles. The number of hydrogen-bond donors (Lipinski definition) is 1. The summed E-state index contributed by atoms with van der Waals surface area (Å²) >= 11 is 0. The van der Waals surface area contributed by atoms with Gasteiger partial charge in [0.2, 0.25) is 0 Å². The number of alkyl halides is 3. The van der Waals surface area contributed by atoms with E-state index in [4.69, 9.17) is 0 Å². The molecule has 1 unspecified atom stereocenters. The van der Waals surface area contributed by atoms with Crippen LogP contribution in [0.3, 0.4) is 0 Å². The lowest BCUT2D eigenvalue weighted by Gasteiger charge is -2.16. The predicted octanol–water partition coefficient (Wildman–Crippen LogP) is 3.80. The Morgan fingerprint density at radius 1 is 1.28 bits per heavy atom. The Bertz CT molecular complexity index is 402. The summed E-state index contributed by atoms with van der Waals surface area (Å²) in [4.78, 5) is 0. The standard InChI is InChI=1S/C12H14F4O2/c1-7(2)5-11(17)9-6-8(3-4-10(9)13)18-12(14,15)16/h3-4,6-7,11,17H,5H2,1-2H3. The van der Waals surface area contributed by atoms with E-state index in [1.54, 1.807) is 0 Å². The Morgan fingerprint density at radius 2 is 1.89 bits per heavy atom. The number of rotatable bonds is 4. The number of aliphatic hydroxyl groups excluding tert-OH is 1. The number of ether oxygens (including phenoxy) is 1. The molecule has 2 nitrogen and oxygen atoms in total. The first kappa shape index (κ1) is 14.8. The van der Waals surface area contributed by atoms with Gasteiger partial charge >= 0.3 is 6.36 Å². The highest BCUT2D eigenvalue weighted by Gasteiger charge is 2.31. The minimum atomic E-state index is -4.84. The van der Waals surface area contributed by atoms with Crippen LogP contribution in [-0.4, -0.2) is 11.5 Å². The quantitative estimate of drug-likeness (QED) is 0.840. The molecule has 0 spiro atoms. The zero-order valence-electron chi connectivity index (χ0n) is 9.96. The number of benzene rings is 1. The highest BCUT2D eigenvalue weighted by Crippen LogP contribution is 2.29. The lowest BCUT2D eigenvalue weighted by Crippen LogP contribution is -2.17. The molecule has 102 valence electrons. The van der Waals surface area contributed by atoms with Crippen molar-refractivity contribution in [2.75, 3.05) is 0 Å². The Balaban J connectivity index is 2.94. The maximum absolute atomic E-state index is 13.4. The molecule has 0 aliphatic carbocycles. The van der Waals surface area contributed by atoms with Gasteiger partial charge < -0.3 is 9.84 Å². The summed E-state index contributed by atoms with van der Waals surface area (Å²) in [5.41, 5.74) is -0.189. The van der Waals surface area contributed by atoms with Crippen LogP contribution in [-0.2, 0) is 0 Å². The molecular formula is C12H14F4O2. The first-order valence-corrected chi connectivity index (χ1v) is 5.42. The van der Waals surface area contributed by atoms with Crippen molar-refractivity contribution in [1.82, 2.24) is 0 Å². The molecule has 0 bridgehead atoms. The maximum Gasteiger partial charge on any atom is 0.573 e. The molecule has 1 atom stereocenters. The van der Waals surface area contributed by atoms with Crippen LogP contribution in [0.2, 0.25) is 0 Å². The Hall–Kier alpha value is -1.30. The molecular weight excluding hydrogens is 252 g/mol. The van der Waals surface area contributed by atoms with Crippen LogP contribution in [0.25, 0.3) is 0 Å². The summed E-state index contributed by atoms with van der Waals surface area (Å²) in [5.74, 6) is -1.20. The van der Waals surface area contributed by atoms with Gasteiger partial charge in [0, 0.05) is 5.56 Å². The maximum atomic E-state index is 13.4. The van der Waals surface area contributed by atoms with Crippen LogP contribution >= 0.6 is 0 Å². The van der Waals surface area contributed by atoms with Crippen LogP contribution in [0.15, 0.2) is 18.2 Å². The summed E-state index contributed by atoms with van der Waals surface area (Å²) in [6.45, 7) is 3.63. The smallest absolute Gasteiger partial charge is 0.406 e. The van der Waals surface area contributed by atoms with Crippen LogP contribution in [0.5, 0.6) is 5.75 Å². The second-order valence-corrected chi connectivity index (χ2v) is 4.38. The normalized spacial score (nSPS) is 13.8. The molecule has 6 heteroatoms. The molecule has 0 aliphatic heterocycles. The second-order valence-electron chi connectivity index (χ2n) is 4.38. The zero-order chi connectivity index (χ0) is 13.9. The van der Waals surface area contributed by atoms with Crippen molar-refractivity contribution >= 4 is 0 Å². The second kappa shape index (κ2) is 5.56. The average molecular weight is 266 g/mol. The lowest BCUT2D eigenvalue weighted by molar-refractivity contribution is -0.274. The van der Waals surface area contributed by atoms with Gasteiger partial charge in [-0.1, -0.05) is 13.8 Å². The van der Waals surface area contributed by atoms with Gasteiger partial charge in [0.1, 0.15) is 11.6 Å². The third-order valence-electron chi connectivity index (χ3n) is 2.25. The predicted molar refractivity (Wildman–Crippen MR) is 57.5 cm³/mol. The van der Waals surface area contributed by atoms with E-state index in [-0.39, 0.29) is 17.9 Å². The highest BCUT2D eigenvalue weighted by molar-refractivity contribution is 5.31. The van der Waals surface area contributed by atoms with Gasteiger partial charge in [-0.3, -0.25) is 0 Å². The first-order chi connectivity index (χ1) is 8.19. The van der Waals surface area contributed by atoms with Gasteiger partial charge in [0.15, 0.2) is 0 Å². The summed E-state index contributed by atoms with van der Waals surface area (Å²) in [5, 5.41) is 9.72. The Morgan fingerprint density at radius 3 is 2.39 bits per heavy atom. The van der Waals surface area contributed by atoms with Gasteiger partial charge in [-0.25, -0.2) is 4.39 Å². The zero-order valence-corrected chi connectivity index (χ0v) is 9.96. The molecule has 1 N–H and O–H groups in total. The van der Waals surface area contributed by atoms with E-state index in [1.165, 1.54) is 0 Å². The Labute approximate surface area is 102 Å². The average Bonchev–Trinajstić information content (AvgIpc) is 2.17. The van der Waals surface area contributed by atoms with Gasteiger partial charge in [-0.2, -0.15) is 0 Å². The molecule has 0 aromatic heterocycles. The van der Waals surface area contributed by atoms with Crippen molar-refractivity contribution in [3.05, 3.63) is 29.6 Å². The molecule has 0 amide bonds. The summed E-state index contributed by atoms with van der Waals surface area (Å²) in [7, 11) is 0. The number of hydrogen-bond acceptors (Lipinski definition) is 2. The third-order valence-corrected chi connectivity index (χ3v) is 2.25. The minimum Gasteiger partial charge on any atom is -0.406 e. The van der Waals surface area contributed by atoms with Crippen molar-refractivity contribution in [2.45, 2.75) is 32.7 Å². The molecule has 0 saturated heterocycles. The van der Waals surface area contributed by atoms with Crippen molar-refractivity contribution in [1.29, 1.82) is 0 Å². The summed E-state index contributed by atoms with van der Waals surface area (Å²) in [6.07, 6.45) is -5.73. The molecule has 1 aromatic rings. The molecule has 0 radical (unpaired) electrons. The van der Waals surface area contributed by atoms with Crippen molar-refractivity contribution in [3.63, 3.8) is 0 Å². The van der Waals surface area contributed by atoms with Crippen molar-refractivity contribution in [2.24, 2.45) is 5.92 Å². The minimum absolute atomic E-state index is 0.0894. The van der Waals surface area contributed by atoms with Crippen LogP contribution in [0, 0.1) is 11.7 Å². The highest BCUT2D eigenvalue weighted by atomic mass is 19.4. The van der Waals surface area contributed by atoms with Crippen LogP contribution in [0.4, 0.5) is 17.6 Å². The largest absolute Gasteiger partial charge is 0.573 e. The topological polar surface area (TPSA) is 29.5 Å². The van der Waals surface area contributed by atoms with Gasteiger partial charge in [-0.15, -0.1) is 13.2 Å². The molecule has 18 heavy (non-hydrogen) atoms. The summed E-state index contributed by atoms with van der Waals surface area (Å²) in [6, 6.07) is 2.59. The molecule has 0 heterocycles. The van der Waals surface area contributed by atoms with Crippen molar-refractivity contribution < 1.29 is 27.4 Å². The third kappa shape index (κ3) is 4.52. The fraction of sp³-hybridized carbons (Fsp3) is 0.500. The monoisotopic (exact) mass is 266 g/mol. The van der Waals surface area contributed by atoms with E-state index >= 15 is 0 Å². The number of halogens is 4. The fourth-order valence-corrected chi connectivity index (χ4v) is 1.55. The van der Waals surface area contributed by atoms with E-state index in [2.05, 4.69) is 4.74 Å². The summed E-state index contributed by atoms with van der Waals surface area (Å²) < 4.78 is 53.1. The number of aliphatic hydroxyl groups is 1. The van der Waals surface area contributed by atoms with E-state index in [9.17, 15) is 22.7 Å². The van der Waals surface area contributed by atoms with E-state index in [1.807, 2.05) is 13.8 Å². The molecule has 1 rings (SSSR count). The van der Waals surface area contributed by atoms with Crippen LogP contribution < -0.4 is 4.74 Å². The van der Waals surface area contributed by atoms with Crippen LogP contribution in [0.1, 0.15) is 31.9 Å². The Kier molecular flexibility index (Phi) is 4.56. The first-order valence-electron chi connectivity index (χ1n) is 5.42. The molecule has 0 fully saturated rings. The SMILES string of the molecule is CC(C)CC(O)c1cc(OC(F)(F)F)ccc1F.